The van der Waals surface area contributed by atoms with Gasteiger partial charge in [-0.15, -0.1) is 0 Å². The van der Waals surface area contributed by atoms with E-state index in [-0.39, 0.29) is 5.54 Å². The summed E-state index contributed by atoms with van der Waals surface area (Å²) in [5.74, 6) is 0. The quantitative estimate of drug-likeness (QED) is 0.765. The molecule has 1 aromatic rings. The highest BCUT2D eigenvalue weighted by Crippen LogP contribution is 2.06. The maximum Gasteiger partial charge on any atom is 0.150 e. The van der Waals surface area contributed by atoms with Crippen LogP contribution in [0.5, 0.6) is 0 Å². The first-order chi connectivity index (χ1) is 7.90. The molecule has 0 aliphatic heterocycles. The summed E-state index contributed by atoms with van der Waals surface area (Å²) in [5, 5.41) is 13.1. The van der Waals surface area contributed by atoms with Crippen molar-refractivity contribution in [3.8, 4) is 0 Å². The van der Waals surface area contributed by atoms with Gasteiger partial charge in [0.2, 0.25) is 0 Å². The van der Waals surface area contributed by atoms with E-state index in [0.29, 0.717) is 18.5 Å². The Kier molecular flexibility index (Phi) is 4.85. The van der Waals surface area contributed by atoms with E-state index in [4.69, 9.17) is 0 Å². The van der Waals surface area contributed by atoms with E-state index in [1.807, 2.05) is 12.1 Å². The molecule has 17 heavy (non-hydrogen) atoms. The van der Waals surface area contributed by atoms with Crippen LogP contribution in [0.1, 0.15) is 36.7 Å². The average molecular weight is 235 g/mol. The van der Waals surface area contributed by atoms with Crippen LogP contribution in [0.2, 0.25) is 0 Å². The molecule has 2 N–H and O–H groups in total. The second kappa shape index (κ2) is 5.94. The zero-order chi connectivity index (χ0) is 12.9. The van der Waals surface area contributed by atoms with Gasteiger partial charge in [0.05, 0.1) is 6.10 Å². The molecular formula is C14H21NO2. The second-order valence-electron chi connectivity index (χ2n) is 5.35. The van der Waals surface area contributed by atoms with Gasteiger partial charge in [0.15, 0.2) is 0 Å². The van der Waals surface area contributed by atoms with E-state index >= 15 is 0 Å². The van der Waals surface area contributed by atoms with Crippen molar-refractivity contribution in [2.24, 2.45) is 0 Å². The molecule has 0 spiro atoms. The van der Waals surface area contributed by atoms with Crippen LogP contribution in [0.15, 0.2) is 24.3 Å². The molecule has 0 aliphatic carbocycles. The summed E-state index contributed by atoms with van der Waals surface area (Å²) in [4.78, 5) is 10.5. The van der Waals surface area contributed by atoms with E-state index in [1.165, 1.54) is 0 Å². The largest absolute Gasteiger partial charge is 0.391 e. The van der Waals surface area contributed by atoms with E-state index in [1.54, 1.807) is 12.1 Å². The van der Waals surface area contributed by atoms with Crippen LogP contribution in [0.3, 0.4) is 0 Å². The van der Waals surface area contributed by atoms with Gasteiger partial charge in [-0.05, 0) is 32.8 Å². The number of carbonyl (C=O) groups is 1. The predicted octanol–water partition coefficient (Wildman–Crippen LogP) is 1.79. The summed E-state index contributed by atoms with van der Waals surface area (Å²) >= 11 is 0. The number of aldehydes is 1. The molecule has 0 amide bonds. The maximum atomic E-state index is 10.5. The summed E-state index contributed by atoms with van der Waals surface area (Å²) in [6.07, 6.45) is 1.01. The Bertz CT molecular complexity index is 351. The Hall–Kier alpha value is -1.19. The lowest BCUT2D eigenvalue weighted by molar-refractivity contribution is 0.112. The summed E-state index contributed by atoms with van der Waals surface area (Å²) in [5.41, 5.74) is 1.72. The molecule has 1 atom stereocenters. The van der Waals surface area contributed by atoms with Crippen molar-refractivity contribution in [1.82, 2.24) is 5.32 Å². The van der Waals surface area contributed by atoms with Crippen LogP contribution >= 0.6 is 0 Å². The Labute approximate surface area is 103 Å². The van der Waals surface area contributed by atoms with Gasteiger partial charge in [-0.25, -0.2) is 0 Å². The minimum atomic E-state index is -0.406. The number of β-amino-alcohol motifs (C(OH)–C–C–N with tert-alkyl or cyclic N) is 1. The molecule has 0 bridgehead atoms. The van der Waals surface area contributed by atoms with Gasteiger partial charge in [0.25, 0.3) is 0 Å². The Morgan fingerprint density at radius 3 is 2.35 bits per heavy atom. The highest BCUT2D eigenvalue weighted by Gasteiger charge is 2.12. The zero-order valence-corrected chi connectivity index (χ0v) is 10.7. The fourth-order valence-corrected chi connectivity index (χ4v) is 1.50. The van der Waals surface area contributed by atoms with Crippen molar-refractivity contribution in [3.05, 3.63) is 35.4 Å². The van der Waals surface area contributed by atoms with Crippen LogP contribution in [0, 0.1) is 0 Å². The molecular weight excluding hydrogens is 214 g/mol. The summed E-state index contributed by atoms with van der Waals surface area (Å²) in [7, 11) is 0. The van der Waals surface area contributed by atoms with Crippen LogP contribution < -0.4 is 5.32 Å². The highest BCUT2D eigenvalue weighted by atomic mass is 16.3. The van der Waals surface area contributed by atoms with Gasteiger partial charge < -0.3 is 10.4 Å². The number of rotatable bonds is 5. The number of aliphatic hydroxyl groups is 1. The smallest absolute Gasteiger partial charge is 0.150 e. The van der Waals surface area contributed by atoms with Crippen LogP contribution in [0.4, 0.5) is 0 Å². The molecule has 1 rings (SSSR count). The summed E-state index contributed by atoms with van der Waals surface area (Å²) < 4.78 is 0. The van der Waals surface area contributed by atoms with Gasteiger partial charge in [0, 0.05) is 17.6 Å². The SMILES string of the molecule is CC(C)(C)NCC(O)Cc1ccc(C=O)cc1. The Morgan fingerprint density at radius 1 is 1.29 bits per heavy atom. The third-order valence-corrected chi connectivity index (χ3v) is 2.46. The highest BCUT2D eigenvalue weighted by molar-refractivity contribution is 5.74. The fourth-order valence-electron chi connectivity index (χ4n) is 1.50. The second-order valence-corrected chi connectivity index (χ2v) is 5.35. The molecule has 1 unspecified atom stereocenters. The third-order valence-electron chi connectivity index (χ3n) is 2.46. The van der Waals surface area contributed by atoms with Gasteiger partial charge in [0.1, 0.15) is 6.29 Å². The van der Waals surface area contributed by atoms with Crippen molar-refractivity contribution >= 4 is 6.29 Å². The fraction of sp³-hybridized carbons (Fsp3) is 0.500. The van der Waals surface area contributed by atoms with Crippen molar-refractivity contribution in [3.63, 3.8) is 0 Å². The number of carbonyl (C=O) groups excluding carboxylic acids is 1. The minimum absolute atomic E-state index is 0.0162. The molecule has 94 valence electrons. The topological polar surface area (TPSA) is 49.3 Å². The summed E-state index contributed by atoms with van der Waals surface area (Å²) in [6, 6.07) is 7.30. The molecule has 0 heterocycles. The van der Waals surface area contributed by atoms with Crippen molar-refractivity contribution in [1.29, 1.82) is 0 Å². The lowest BCUT2D eigenvalue weighted by atomic mass is 10.0. The molecule has 0 fully saturated rings. The Morgan fingerprint density at radius 2 is 1.88 bits per heavy atom. The lowest BCUT2D eigenvalue weighted by Crippen LogP contribution is -2.41. The molecule has 3 nitrogen and oxygen atoms in total. The molecule has 0 aliphatic rings. The number of benzene rings is 1. The first-order valence-electron chi connectivity index (χ1n) is 5.88. The van der Waals surface area contributed by atoms with Crippen molar-refractivity contribution < 1.29 is 9.90 Å². The molecule has 3 heteroatoms. The predicted molar refractivity (Wildman–Crippen MR) is 69.3 cm³/mol. The van der Waals surface area contributed by atoms with Gasteiger partial charge in [-0.2, -0.15) is 0 Å². The summed E-state index contributed by atoms with van der Waals surface area (Å²) in [6.45, 7) is 6.77. The van der Waals surface area contributed by atoms with Crippen LogP contribution in [0.25, 0.3) is 0 Å². The normalized spacial score (nSPS) is 13.4. The molecule has 0 aromatic heterocycles. The molecule has 0 radical (unpaired) electrons. The molecule has 0 saturated heterocycles. The van der Waals surface area contributed by atoms with E-state index < -0.39 is 6.10 Å². The first-order valence-corrected chi connectivity index (χ1v) is 5.88. The van der Waals surface area contributed by atoms with Gasteiger partial charge in [-0.3, -0.25) is 4.79 Å². The first kappa shape index (κ1) is 13.9. The van der Waals surface area contributed by atoms with Crippen LogP contribution in [-0.2, 0) is 6.42 Å². The lowest BCUT2D eigenvalue weighted by Gasteiger charge is -2.22. The monoisotopic (exact) mass is 235 g/mol. The van der Waals surface area contributed by atoms with E-state index in [0.717, 1.165) is 11.8 Å². The third kappa shape index (κ3) is 5.61. The minimum Gasteiger partial charge on any atom is -0.391 e. The Balaban J connectivity index is 2.44. The molecule has 0 saturated carbocycles. The number of hydrogen-bond donors (Lipinski definition) is 2. The number of hydrogen-bond acceptors (Lipinski definition) is 3. The molecule has 1 aromatic carbocycles. The average Bonchev–Trinajstić information content (AvgIpc) is 2.27. The van der Waals surface area contributed by atoms with Crippen molar-refractivity contribution in [2.45, 2.75) is 38.8 Å². The maximum absolute atomic E-state index is 10.5. The van der Waals surface area contributed by atoms with Gasteiger partial charge >= 0.3 is 0 Å². The zero-order valence-electron chi connectivity index (χ0n) is 10.7. The van der Waals surface area contributed by atoms with Crippen molar-refractivity contribution in [2.75, 3.05) is 6.54 Å². The number of nitrogens with one attached hydrogen (secondary N) is 1. The van der Waals surface area contributed by atoms with Gasteiger partial charge in [-0.1, -0.05) is 24.3 Å². The van der Waals surface area contributed by atoms with E-state index in [9.17, 15) is 9.90 Å². The standard InChI is InChI=1S/C14H21NO2/c1-14(2,3)15-9-13(17)8-11-4-6-12(10-16)7-5-11/h4-7,10,13,15,17H,8-9H2,1-3H3. The van der Waals surface area contributed by atoms with E-state index in [2.05, 4.69) is 26.1 Å². The number of aliphatic hydroxyl groups excluding tert-OH is 1. The van der Waals surface area contributed by atoms with Crippen LogP contribution in [-0.4, -0.2) is 29.6 Å².